The van der Waals surface area contributed by atoms with E-state index in [2.05, 4.69) is 16.2 Å². The van der Waals surface area contributed by atoms with Crippen LogP contribution in [0.15, 0.2) is 5.38 Å². The topological polar surface area (TPSA) is 115 Å². The largest absolute Gasteiger partial charge is 0.368 e. The van der Waals surface area contributed by atoms with Gasteiger partial charge in [-0.3, -0.25) is 14.4 Å². The molecule has 3 amide bonds. The number of hydrogen-bond donors (Lipinski definition) is 2. The van der Waals surface area contributed by atoms with Crippen molar-refractivity contribution in [1.82, 2.24) is 15.2 Å². The summed E-state index contributed by atoms with van der Waals surface area (Å²) in [4.78, 5) is 43.5. The second kappa shape index (κ2) is 10.4. The standard InChI is InChI=1S/C20H28N4O4S/c1-5-8-28-14-6-7-24(20(27)16-11-29-13(4)22-16)17(10-14)19(26)23-15(18(21)25)9-12(2)3/h1,11-12,14-15,17H,6-10H2,2-4H3,(H2,21,25)(H,23,26). The highest BCUT2D eigenvalue weighted by Gasteiger charge is 2.38. The van der Waals surface area contributed by atoms with E-state index in [1.807, 2.05) is 20.8 Å². The van der Waals surface area contributed by atoms with Gasteiger partial charge >= 0.3 is 0 Å². The first-order valence-corrected chi connectivity index (χ1v) is 10.5. The second-order valence-electron chi connectivity index (χ2n) is 7.52. The Morgan fingerprint density at radius 3 is 2.76 bits per heavy atom. The molecule has 0 radical (unpaired) electrons. The van der Waals surface area contributed by atoms with Gasteiger partial charge in [0, 0.05) is 18.3 Å². The van der Waals surface area contributed by atoms with Crippen LogP contribution >= 0.6 is 11.3 Å². The summed E-state index contributed by atoms with van der Waals surface area (Å²) >= 11 is 1.37. The van der Waals surface area contributed by atoms with Gasteiger partial charge in [0.15, 0.2) is 0 Å². The van der Waals surface area contributed by atoms with Crippen molar-refractivity contribution >= 4 is 29.1 Å². The summed E-state index contributed by atoms with van der Waals surface area (Å²) in [6.45, 7) is 6.15. The van der Waals surface area contributed by atoms with Crippen LogP contribution in [-0.2, 0) is 14.3 Å². The monoisotopic (exact) mass is 420 g/mol. The molecule has 3 atom stereocenters. The Bertz CT molecular complexity index is 786. The zero-order valence-electron chi connectivity index (χ0n) is 17.0. The number of terminal acetylenes is 1. The average molecular weight is 421 g/mol. The van der Waals surface area contributed by atoms with Gasteiger partial charge < -0.3 is 20.7 Å². The molecule has 1 aliphatic rings. The Kier molecular flexibility index (Phi) is 8.17. The molecule has 0 aliphatic carbocycles. The summed E-state index contributed by atoms with van der Waals surface area (Å²) in [5, 5.41) is 5.16. The van der Waals surface area contributed by atoms with Crippen LogP contribution in [0.5, 0.6) is 0 Å². The molecule has 3 unspecified atom stereocenters. The number of carbonyl (C=O) groups is 3. The minimum Gasteiger partial charge on any atom is -0.368 e. The van der Waals surface area contributed by atoms with Crippen molar-refractivity contribution in [2.24, 2.45) is 11.7 Å². The van der Waals surface area contributed by atoms with Crippen molar-refractivity contribution in [2.45, 2.75) is 58.2 Å². The quantitative estimate of drug-likeness (QED) is 0.611. The van der Waals surface area contributed by atoms with Crippen LogP contribution in [0.2, 0.25) is 0 Å². The summed E-state index contributed by atoms with van der Waals surface area (Å²) in [6, 6.07) is -1.59. The predicted molar refractivity (Wildman–Crippen MR) is 110 cm³/mol. The molecule has 1 aromatic rings. The molecular weight excluding hydrogens is 392 g/mol. The molecule has 158 valence electrons. The van der Waals surface area contributed by atoms with E-state index in [-0.39, 0.29) is 31.0 Å². The molecule has 1 aromatic heterocycles. The zero-order valence-corrected chi connectivity index (χ0v) is 17.8. The lowest BCUT2D eigenvalue weighted by Gasteiger charge is -2.38. The van der Waals surface area contributed by atoms with Crippen LogP contribution in [0.25, 0.3) is 0 Å². The molecule has 2 rings (SSSR count). The molecule has 8 nitrogen and oxygen atoms in total. The third-order valence-electron chi connectivity index (χ3n) is 4.73. The maximum Gasteiger partial charge on any atom is 0.274 e. The molecule has 3 N–H and O–H groups in total. The third-order valence-corrected chi connectivity index (χ3v) is 5.50. The van der Waals surface area contributed by atoms with Crippen molar-refractivity contribution in [1.29, 1.82) is 0 Å². The molecule has 0 bridgehead atoms. The predicted octanol–water partition coefficient (Wildman–Crippen LogP) is 1.09. The van der Waals surface area contributed by atoms with E-state index < -0.39 is 23.9 Å². The number of likely N-dealkylation sites (tertiary alicyclic amines) is 1. The Morgan fingerprint density at radius 2 is 2.21 bits per heavy atom. The van der Waals surface area contributed by atoms with E-state index in [9.17, 15) is 14.4 Å². The first-order chi connectivity index (χ1) is 13.7. The number of nitrogens with zero attached hydrogens (tertiary/aromatic N) is 2. The van der Waals surface area contributed by atoms with Crippen molar-refractivity contribution in [3.8, 4) is 12.3 Å². The van der Waals surface area contributed by atoms with Gasteiger partial charge in [-0.2, -0.15) is 0 Å². The fraction of sp³-hybridized carbons (Fsp3) is 0.600. The van der Waals surface area contributed by atoms with Gasteiger partial charge in [-0.15, -0.1) is 17.8 Å². The van der Waals surface area contributed by atoms with Gasteiger partial charge in [-0.05, 0) is 25.7 Å². The van der Waals surface area contributed by atoms with Crippen molar-refractivity contribution in [3.63, 3.8) is 0 Å². The normalized spacial score (nSPS) is 20.2. The summed E-state index contributed by atoms with van der Waals surface area (Å²) in [6.07, 6.45) is 6.28. The number of nitrogens with one attached hydrogen (secondary N) is 1. The molecule has 0 aromatic carbocycles. The average Bonchev–Trinajstić information content (AvgIpc) is 3.11. The molecule has 0 spiro atoms. The molecule has 1 aliphatic heterocycles. The van der Waals surface area contributed by atoms with Crippen LogP contribution in [0.1, 0.15) is 48.6 Å². The van der Waals surface area contributed by atoms with Crippen molar-refractivity contribution < 1.29 is 19.1 Å². The lowest BCUT2D eigenvalue weighted by molar-refractivity contribution is -0.133. The Balaban J connectivity index is 2.20. The molecule has 0 saturated carbocycles. The molecular formula is C20H28N4O4S. The van der Waals surface area contributed by atoms with E-state index in [1.54, 1.807) is 5.38 Å². The number of carbonyl (C=O) groups excluding carboxylic acids is 3. The summed E-state index contributed by atoms with van der Waals surface area (Å²) in [7, 11) is 0. The third kappa shape index (κ3) is 6.27. The summed E-state index contributed by atoms with van der Waals surface area (Å²) in [5.41, 5.74) is 5.76. The fourth-order valence-electron chi connectivity index (χ4n) is 3.34. The Hall–Kier alpha value is -2.44. The second-order valence-corrected chi connectivity index (χ2v) is 8.58. The number of amides is 3. The van der Waals surface area contributed by atoms with Crippen LogP contribution in [0.3, 0.4) is 0 Å². The van der Waals surface area contributed by atoms with E-state index in [0.29, 0.717) is 25.1 Å². The van der Waals surface area contributed by atoms with Crippen LogP contribution < -0.4 is 11.1 Å². The number of primary amides is 1. The Morgan fingerprint density at radius 1 is 1.48 bits per heavy atom. The first-order valence-electron chi connectivity index (χ1n) is 9.60. The van der Waals surface area contributed by atoms with Crippen molar-refractivity contribution in [2.75, 3.05) is 13.2 Å². The van der Waals surface area contributed by atoms with Gasteiger partial charge in [0.25, 0.3) is 5.91 Å². The van der Waals surface area contributed by atoms with Gasteiger partial charge in [-0.25, -0.2) is 4.98 Å². The molecule has 9 heteroatoms. The number of rotatable bonds is 8. The van der Waals surface area contributed by atoms with Gasteiger partial charge in [0.1, 0.15) is 24.4 Å². The molecule has 29 heavy (non-hydrogen) atoms. The van der Waals surface area contributed by atoms with E-state index in [4.69, 9.17) is 16.9 Å². The van der Waals surface area contributed by atoms with Crippen LogP contribution in [-0.4, -0.2) is 58.9 Å². The number of aryl methyl sites for hydroxylation is 1. The van der Waals surface area contributed by atoms with Gasteiger partial charge in [0.05, 0.1) is 11.1 Å². The maximum atomic E-state index is 13.0. The summed E-state index contributed by atoms with van der Waals surface area (Å²) in [5.74, 6) is 1.24. The van der Waals surface area contributed by atoms with E-state index in [1.165, 1.54) is 16.2 Å². The highest BCUT2D eigenvalue weighted by Crippen LogP contribution is 2.23. The number of ether oxygens (including phenoxy) is 1. The SMILES string of the molecule is C#CCOC1CCN(C(=O)c2csc(C)n2)C(C(=O)NC(CC(C)C)C(N)=O)C1. The molecule has 1 saturated heterocycles. The number of aromatic nitrogens is 1. The van der Waals surface area contributed by atoms with Crippen molar-refractivity contribution in [3.05, 3.63) is 16.1 Å². The number of thiazole rings is 1. The molecule has 2 heterocycles. The van der Waals surface area contributed by atoms with Crippen LogP contribution in [0, 0.1) is 25.2 Å². The van der Waals surface area contributed by atoms with E-state index in [0.717, 1.165) is 5.01 Å². The lowest BCUT2D eigenvalue weighted by Crippen LogP contribution is -2.58. The first kappa shape index (κ1) is 22.8. The number of piperidine rings is 1. The van der Waals surface area contributed by atoms with Crippen LogP contribution in [0.4, 0.5) is 0 Å². The highest BCUT2D eigenvalue weighted by atomic mass is 32.1. The maximum absolute atomic E-state index is 13.0. The minimum absolute atomic E-state index is 0.134. The molecule has 1 fully saturated rings. The van der Waals surface area contributed by atoms with Gasteiger partial charge in [0.2, 0.25) is 11.8 Å². The number of hydrogen-bond acceptors (Lipinski definition) is 6. The zero-order chi connectivity index (χ0) is 21.6. The number of nitrogens with two attached hydrogens (primary N) is 1. The lowest BCUT2D eigenvalue weighted by atomic mass is 9.96. The summed E-state index contributed by atoms with van der Waals surface area (Å²) < 4.78 is 5.61. The highest BCUT2D eigenvalue weighted by molar-refractivity contribution is 7.09. The van der Waals surface area contributed by atoms with E-state index >= 15 is 0 Å². The smallest absolute Gasteiger partial charge is 0.274 e. The Labute approximate surface area is 175 Å². The van der Waals surface area contributed by atoms with Gasteiger partial charge in [-0.1, -0.05) is 19.8 Å². The minimum atomic E-state index is -0.798. The fourth-order valence-corrected chi connectivity index (χ4v) is 3.92.